The highest BCUT2D eigenvalue weighted by Gasteiger charge is 2.09. The highest BCUT2D eigenvalue weighted by atomic mass is 19.1. The summed E-state index contributed by atoms with van der Waals surface area (Å²) in [6, 6.07) is 12.9. The normalized spacial score (nSPS) is 10.6. The van der Waals surface area contributed by atoms with E-state index >= 15 is 0 Å². The van der Waals surface area contributed by atoms with Crippen LogP contribution >= 0.6 is 0 Å². The molecular formula is C16H14FN3O. The van der Waals surface area contributed by atoms with Crippen molar-refractivity contribution >= 4 is 16.7 Å². The molecule has 1 N–H and O–H groups in total. The molecule has 0 aliphatic carbocycles. The zero-order chi connectivity index (χ0) is 14.7. The number of rotatable bonds is 4. The maximum atomic E-state index is 13.7. The Labute approximate surface area is 121 Å². The maximum Gasteiger partial charge on any atom is 0.167 e. The number of anilines is 1. The Bertz CT molecular complexity index is 762. The topological polar surface area (TPSA) is 47.0 Å². The molecule has 0 saturated heterocycles. The first-order valence-electron chi connectivity index (χ1n) is 6.54. The van der Waals surface area contributed by atoms with Crippen LogP contribution in [0.4, 0.5) is 10.2 Å². The van der Waals surface area contributed by atoms with Gasteiger partial charge in [0.2, 0.25) is 0 Å². The minimum absolute atomic E-state index is 0.181. The predicted molar refractivity (Wildman–Crippen MR) is 79.8 cm³/mol. The summed E-state index contributed by atoms with van der Waals surface area (Å²) >= 11 is 0. The number of fused-ring (bicyclic) bond motifs is 1. The minimum atomic E-state index is -0.433. The highest BCUT2D eigenvalue weighted by Crippen LogP contribution is 2.27. The van der Waals surface area contributed by atoms with Gasteiger partial charge in [0.25, 0.3) is 0 Å². The molecule has 2 aromatic carbocycles. The van der Waals surface area contributed by atoms with E-state index in [4.69, 9.17) is 4.74 Å². The predicted octanol–water partition coefficient (Wildman–Crippen LogP) is 3.39. The van der Waals surface area contributed by atoms with Crippen molar-refractivity contribution in [1.29, 1.82) is 0 Å². The number of hydrogen-bond acceptors (Lipinski definition) is 4. The van der Waals surface area contributed by atoms with Crippen LogP contribution in [0, 0.1) is 5.82 Å². The van der Waals surface area contributed by atoms with Crippen LogP contribution in [-0.2, 0) is 6.54 Å². The lowest BCUT2D eigenvalue weighted by atomic mass is 10.2. The van der Waals surface area contributed by atoms with Crippen LogP contribution in [0.5, 0.6) is 5.75 Å². The second-order valence-electron chi connectivity index (χ2n) is 4.57. The van der Waals surface area contributed by atoms with E-state index in [1.54, 1.807) is 6.07 Å². The molecule has 5 heteroatoms. The molecule has 0 atom stereocenters. The summed E-state index contributed by atoms with van der Waals surface area (Å²) in [5.41, 5.74) is 1.68. The summed E-state index contributed by atoms with van der Waals surface area (Å²) in [6.07, 6.45) is 1.42. The first-order chi connectivity index (χ1) is 10.3. The van der Waals surface area contributed by atoms with Crippen molar-refractivity contribution in [1.82, 2.24) is 9.97 Å². The van der Waals surface area contributed by atoms with E-state index in [2.05, 4.69) is 15.3 Å². The van der Waals surface area contributed by atoms with Crippen molar-refractivity contribution in [3.05, 3.63) is 60.2 Å². The molecule has 0 amide bonds. The van der Waals surface area contributed by atoms with Gasteiger partial charge in [0.15, 0.2) is 11.6 Å². The van der Waals surface area contributed by atoms with Crippen LogP contribution in [0.25, 0.3) is 10.9 Å². The SMILES string of the molecule is COc1cc2c(NCc3ccccc3)ncnc2cc1F. The van der Waals surface area contributed by atoms with Crippen LogP contribution in [0.2, 0.25) is 0 Å². The molecule has 0 bridgehead atoms. The molecule has 106 valence electrons. The third-order valence-electron chi connectivity index (χ3n) is 3.21. The van der Waals surface area contributed by atoms with E-state index in [0.717, 1.165) is 10.9 Å². The third-order valence-corrected chi connectivity index (χ3v) is 3.21. The first kappa shape index (κ1) is 13.3. The molecule has 1 heterocycles. The van der Waals surface area contributed by atoms with Gasteiger partial charge in [0.1, 0.15) is 12.1 Å². The van der Waals surface area contributed by atoms with Crippen molar-refractivity contribution in [3.63, 3.8) is 0 Å². The van der Waals surface area contributed by atoms with Gasteiger partial charge in [-0.15, -0.1) is 0 Å². The number of ether oxygens (including phenoxy) is 1. The molecule has 0 aliphatic rings. The number of hydrogen-bond donors (Lipinski definition) is 1. The molecule has 21 heavy (non-hydrogen) atoms. The summed E-state index contributed by atoms with van der Waals surface area (Å²) < 4.78 is 18.7. The lowest BCUT2D eigenvalue weighted by molar-refractivity contribution is 0.387. The van der Waals surface area contributed by atoms with Crippen molar-refractivity contribution in [2.24, 2.45) is 0 Å². The standard InChI is InChI=1S/C16H14FN3O/c1-21-15-7-12-14(8-13(15)17)19-10-20-16(12)18-9-11-5-3-2-4-6-11/h2-8,10H,9H2,1H3,(H,18,19,20). The molecule has 4 nitrogen and oxygen atoms in total. The number of methoxy groups -OCH3 is 1. The Morgan fingerprint density at radius 1 is 1.14 bits per heavy atom. The molecule has 0 aliphatic heterocycles. The average molecular weight is 283 g/mol. The Hall–Kier alpha value is -2.69. The molecule has 3 aromatic rings. The molecule has 1 aromatic heterocycles. The van der Waals surface area contributed by atoms with Gasteiger partial charge in [-0.2, -0.15) is 0 Å². The number of nitrogens with zero attached hydrogens (tertiary/aromatic N) is 2. The van der Waals surface area contributed by atoms with E-state index in [-0.39, 0.29) is 5.75 Å². The molecule has 0 spiro atoms. The van der Waals surface area contributed by atoms with E-state index in [9.17, 15) is 4.39 Å². The zero-order valence-corrected chi connectivity index (χ0v) is 11.5. The number of halogens is 1. The van der Waals surface area contributed by atoms with Crippen molar-refractivity contribution < 1.29 is 9.13 Å². The fraction of sp³-hybridized carbons (Fsp3) is 0.125. The Kier molecular flexibility index (Phi) is 3.64. The van der Waals surface area contributed by atoms with E-state index < -0.39 is 5.82 Å². The zero-order valence-electron chi connectivity index (χ0n) is 11.5. The second-order valence-corrected chi connectivity index (χ2v) is 4.57. The Balaban J connectivity index is 1.94. The Morgan fingerprint density at radius 2 is 1.95 bits per heavy atom. The first-order valence-corrected chi connectivity index (χ1v) is 6.54. The smallest absolute Gasteiger partial charge is 0.167 e. The van der Waals surface area contributed by atoms with Crippen LogP contribution in [0.15, 0.2) is 48.8 Å². The minimum Gasteiger partial charge on any atom is -0.494 e. The molecule has 0 fully saturated rings. The van der Waals surface area contributed by atoms with Crippen LogP contribution in [-0.4, -0.2) is 17.1 Å². The van der Waals surface area contributed by atoms with Gasteiger partial charge in [-0.05, 0) is 11.6 Å². The number of nitrogens with one attached hydrogen (secondary N) is 1. The van der Waals surface area contributed by atoms with Gasteiger partial charge < -0.3 is 10.1 Å². The van der Waals surface area contributed by atoms with Crippen LogP contribution < -0.4 is 10.1 Å². The fourth-order valence-corrected chi connectivity index (χ4v) is 2.14. The van der Waals surface area contributed by atoms with Gasteiger partial charge >= 0.3 is 0 Å². The van der Waals surface area contributed by atoms with E-state index in [1.165, 1.54) is 19.5 Å². The molecular weight excluding hydrogens is 269 g/mol. The van der Waals surface area contributed by atoms with Gasteiger partial charge in [0.05, 0.1) is 12.6 Å². The number of benzene rings is 2. The average Bonchev–Trinajstić information content (AvgIpc) is 2.53. The molecule has 0 unspecified atom stereocenters. The van der Waals surface area contributed by atoms with Crippen LogP contribution in [0.1, 0.15) is 5.56 Å². The lowest BCUT2D eigenvalue weighted by Gasteiger charge is -2.10. The second kappa shape index (κ2) is 5.75. The van der Waals surface area contributed by atoms with Crippen molar-refractivity contribution in [3.8, 4) is 5.75 Å². The van der Waals surface area contributed by atoms with E-state index in [0.29, 0.717) is 17.9 Å². The molecule has 3 rings (SSSR count). The monoisotopic (exact) mass is 283 g/mol. The van der Waals surface area contributed by atoms with Gasteiger partial charge in [-0.3, -0.25) is 0 Å². The largest absolute Gasteiger partial charge is 0.494 e. The molecule has 0 radical (unpaired) electrons. The maximum absolute atomic E-state index is 13.7. The number of aromatic nitrogens is 2. The van der Waals surface area contributed by atoms with Crippen molar-refractivity contribution in [2.45, 2.75) is 6.54 Å². The quantitative estimate of drug-likeness (QED) is 0.797. The summed E-state index contributed by atoms with van der Waals surface area (Å²) in [5.74, 6) is 0.403. The summed E-state index contributed by atoms with van der Waals surface area (Å²) in [6.45, 7) is 0.632. The van der Waals surface area contributed by atoms with Crippen LogP contribution in [0.3, 0.4) is 0 Å². The van der Waals surface area contributed by atoms with Gasteiger partial charge in [-0.1, -0.05) is 30.3 Å². The summed E-state index contributed by atoms with van der Waals surface area (Å²) in [7, 11) is 1.44. The highest BCUT2D eigenvalue weighted by molar-refractivity contribution is 5.90. The lowest BCUT2D eigenvalue weighted by Crippen LogP contribution is -2.03. The van der Waals surface area contributed by atoms with Gasteiger partial charge in [-0.25, -0.2) is 14.4 Å². The summed E-state index contributed by atoms with van der Waals surface area (Å²) in [4.78, 5) is 8.31. The third kappa shape index (κ3) is 2.76. The van der Waals surface area contributed by atoms with Crippen molar-refractivity contribution in [2.75, 3.05) is 12.4 Å². The molecule has 0 saturated carbocycles. The van der Waals surface area contributed by atoms with E-state index in [1.807, 2.05) is 30.3 Å². The van der Waals surface area contributed by atoms with Gasteiger partial charge in [0, 0.05) is 18.0 Å². The Morgan fingerprint density at radius 3 is 2.71 bits per heavy atom. The fourth-order valence-electron chi connectivity index (χ4n) is 2.14. The summed E-state index contributed by atoms with van der Waals surface area (Å²) in [5, 5.41) is 3.97.